The van der Waals surface area contributed by atoms with Gasteiger partial charge in [0.25, 0.3) is 0 Å². The number of alkyl halides is 3. The van der Waals surface area contributed by atoms with Crippen molar-refractivity contribution in [1.29, 1.82) is 5.26 Å². The Morgan fingerprint density at radius 1 is 1.36 bits per heavy atom. The zero-order valence-electron chi connectivity index (χ0n) is 6.56. The lowest BCUT2D eigenvalue weighted by Gasteiger charge is -2.09. The Hall–Kier alpha value is -0.420. The van der Waals surface area contributed by atoms with Gasteiger partial charge in [-0.1, -0.05) is 0 Å². The molecule has 0 aliphatic heterocycles. The summed E-state index contributed by atoms with van der Waals surface area (Å²) in [7, 11) is 0. The summed E-state index contributed by atoms with van der Waals surface area (Å²) in [4.78, 5) is 0.0479. The van der Waals surface area contributed by atoms with Crippen LogP contribution in [-0.2, 0) is 6.18 Å². The van der Waals surface area contributed by atoms with Crippen molar-refractivity contribution < 1.29 is 13.2 Å². The number of benzene rings is 1. The summed E-state index contributed by atoms with van der Waals surface area (Å²) in [5.74, 6) is 0. The highest BCUT2D eigenvalue weighted by Gasteiger charge is 2.31. The molecule has 74 valence electrons. The van der Waals surface area contributed by atoms with Gasteiger partial charge >= 0.3 is 6.18 Å². The largest absolute Gasteiger partial charge is 0.416 e. The molecule has 0 amide bonds. The van der Waals surface area contributed by atoms with E-state index in [1.165, 1.54) is 0 Å². The van der Waals surface area contributed by atoms with E-state index in [1.807, 2.05) is 0 Å². The molecule has 0 spiro atoms. The zero-order chi connectivity index (χ0) is 10.9. The molecule has 0 N–H and O–H groups in total. The van der Waals surface area contributed by atoms with Crippen molar-refractivity contribution >= 4 is 35.2 Å². The molecule has 0 saturated carbocycles. The molecule has 1 rings (SSSR count). The third-order valence-corrected chi connectivity index (χ3v) is 2.71. The molecule has 0 unspecified atom stereocenters. The third kappa shape index (κ3) is 2.33. The van der Waals surface area contributed by atoms with E-state index in [0.29, 0.717) is 0 Å². The molecule has 0 fully saturated rings. The van der Waals surface area contributed by atoms with Crippen LogP contribution in [0.25, 0.3) is 0 Å². The van der Waals surface area contributed by atoms with Gasteiger partial charge in [-0.3, -0.25) is 0 Å². The quantitative estimate of drug-likeness (QED) is 0.572. The summed E-state index contributed by atoms with van der Waals surface area (Å²) in [5, 5.41) is 8.61. The number of nitrogens with zero attached hydrogens (tertiary/aromatic N) is 1. The molecule has 0 aromatic heterocycles. The Bertz CT molecular complexity index is 385. The van der Waals surface area contributed by atoms with Gasteiger partial charge in [-0.15, -0.1) is 12.6 Å². The normalized spacial score (nSPS) is 11.1. The van der Waals surface area contributed by atoms with Gasteiger partial charge in [-0.05, 0) is 34.7 Å². The summed E-state index contributed by atoms with van der Waals surface area (Å²) in [6, 6.07) is 3.57. The Balaban J connectivity index is 3.37. The first-order chi connectivity index (χ1) is 6.36. The highest BCUT2D eigenvalue weighted by Crippen LogP contribution is 2.33. The smallest absolute Gasteiger partial charge is 0.192 e. The minimum absolute atomic E-state index is 0.0479. The van der Waals surface area contributed by atoms with Crippen LogP contribution in [0.5, 0.6) is 0 Å². The van der Waals surface area contributed by atoms with Crippen LogP contribution in [0, 0.1) is 14.9 Å². The maximum absolute atomic E-state index is 12.3. The summed E-state index contributed by atoms with van der Waals surface area (Å²) in [5.41, 5.74) is -0.618. The zero-order valence-corrected chi connectivity index (χ0v) is 9.61. The van der Waals surface area contributed by atoms with E-state index < -0.39 is 11.7 Å². The van der Waals surface area contributed by atoms with Crippen LogP contribution in [0.3, 0.4) is 0 Å². The molecule has 0 aliphatic rings. The molecule has 0 bridgehead atoms. The van der Waals surface area contributed by atoms with Gasteiger partial charge in [0, 0.05) is 8.47 Å². The van der Waals surface area contributed by atoms with Gasteiger partial charge in [0.15, 0.2) is 0 Å². The first kappa shape index (κ1) is 11.7. The standard InChI is InChI=1S/C8H3F3INS/c9-8(10,11)4-1-6(12)5(3-13)7(14)2-4/h1-2,14H. The van der Waals surface area contributed by atoms with E-state index in [0.717, 1.165) is 12.1 Å². The lowest BCUT2D eigenvalue weighted by molar-refractivity contribution is -0.137. The van der Waals surface area contributed by atoms with E-state index in [9.17, 15) is 13.2 Å². The number of hydrogen-bond acceptors (Lipinski definition) is 2. The van der Waals surface area contributed by atoms with Gasteiger partial charge in [-0.25, -0.2) is 0 Å². The molecule has 1 nitrogen and oxygen atoms in total. The average Bonchev–Trinajstić information content (AvgIpc) is 2.01. The lowest BCUT2D eigenvalue weighted by Crippen LogP contribution is -2.06. The first-order valence-corrected chi connectivity index (χ1v) is 4.88. The topological polar surface area (TPSA) is 23.8 Å². The van der Waals surface area contributed by atoms with Gasteiger partial charge < -0.3 is 0 Å². The van der Waals surface area contributed by atoms with Crippen LogP contribution in [0.15, 0.2) is 17.0 Å². The molecule has 0 radical (unpaired) electrons. The second-order valence-corrected chi connectivity index (χ2v) is 4.11. The second kappa shape index (κ2) is 3.98. The molecule has 1 aromatic rings. The Kier molecular flexibility index (Phi) is 3.32. The highest BCUT2D eigenvalue weighted by molar-refractivity contribution is 14.1. The first-order valence-electron chi connectivity index (χ1n) is 3.36. The summed E-state index contributed by atoms with van der Waals surface area (Å²) < 4.78 is 37.0. The molecule has 6 heteroatoms. The summed E-state index contributed by atoms with van der Waals surface area (Å²) in [6.45, 7) is 0. The van der Waals surface area contributed by atoms with Crippen LogP contribution >= 0.6 is 35.2 Å². The predicted octanol–water partition coefficient (Wildman–Crippen LogP) is 3.47. The molecule has 0 atom stereocenters. The van der Waals surface area contributed by atoms with Crippen molar-refractivity contribution in [3.8, 4) is 6.07 Å². The van der Waals surface area contributed by atoms with Crippen LogP contribution < -0.4 is 0 Å². The molecule has 0 saturated heterocycles. The fraction of sp³-hybridized carbons (Fsp3) is 0.125. The molecule has 0 aliphatic carbocycles. The highest BCUT2D eigenvalue weighted by atomic mass is 127. The molecule has 0 heterocycles. The van der Waals surface area contributed by atoms with Crippen LogP contribution in [0.1, 0.15) is 11.1 Å². The van der Waals surface area contributed by atoms with Crippen molar-refractivity contribution in [2.24, 2.45) is 0 Å². The lowest BCUT2D eigenvalue weighted by atomic mass is 10.1. The van der Waals surface area contributed by atoms with Crippen LogP contribution in [0.2, 0.25) is 0 Å². The van der Waals surface area contributed by atoms with E-state index in [-0.39, 0.29) is 14.0 Å². The van der Waals surface area contributed by atoms with Gasteiger partial charge in [-0.2, -0.15) is 18.4 Å². The number of nitriles is 1. The number of rotatable bonds is 0. The van der Waals surface area contributed by atoms with Gasteiger partial charge in [0.1, 0.15) is 6.07 Å². The monoisotopic (exact) mass is 329 g/mol. The Morgan fingerprint density at radius 3 is 2.29 bits per heavy atom. The third-order valence-electron chi connectivity index (χ3n) is 1.51. The van der Waals surface area contributed by atoms with Crippen molar-refractivity contribution in [1.82, 2.24) is 0 Å². The van der Waals surface area contributed by atoms with Crippen molar-refractivity contribution in [3.05, 3.63) is 26.8 Å². The minimum atomic E-state index is -4.40. The number of halogens is 4. The molecule has 14 heavy (non-hydrogen) atoms. The predicted molar refractivity (Wildman–Crippen MR) is 56.1 cm³/mol. The fourth-order valence-corrected chi connectivity index (χ4v) is 2.14. The van der Waals surface area contributed by atoms with E-state index >= 15 is 0 Å². The second-order valence-electron chi connectivity index (χ2n) is 2.46. The van der Waals surface area contributed by atoms with Crippen molar-refractivity contribution in [3.63, 3.8) is 0 Å². The van der Waals surface area contributed by atoms with Crippen LogP contribution in [0.4, 0.5) is 13.2 Å². The van der Waals surface area contributed by atoms with E-state index in [4.69, 9.17) is 5.26 Å². The van der Waals surface area contributed by atoms with Gasteiger partial charge in [0.2, 0.25) is 0 Å². The number of thiol groups is 1. The SMILES string of the molecule is N#Cc1c(S)cc(C(F)(F)F)cc1I. The molecular formula is C8H3F3INS. The Morgan fingerprint density at radius 2 is 1.93 bits per heavy atom. The average molecular weight is 329 g/mol. The summed E-state index contributed by atoms with van der Waals surface area (Å²) >= 11 is 5.50. The minimum Gasteiger partial charge on any atom is -0.192 e. The Labute approximate surface area is 97.5 Å². The van der Waals surface area contributed by atoms with Crippen molar-refractivity contribution in [2.45, 2.75) is 11.1 Å². The van der Waals surface area contributed by atoms with E-state index in [1.54, 1.807) is 28.7 Å². The van der Waals surface area contributed by atoms with Crippen molar-refractivity contribution in [2.75, 3.05) is 0 Å². The van der Waals surface area contributed by atoms with Gasteiger partial charge in [0.05, 0.1) is 11.1 Å². The molecular weight excluding hydrogens is 326 g/mol. The fourth-order valence-electron chi connectivity index (χ4n) is 0.867. The maximum Gasteiger partial charge on any atom is 0.416 e. The maximum atomic E-state index is 12.3. The summed E-state index contributed by atoms with van der Waals surface area (Å²) in [6.07, 6.45) is -4.40. The number of hydrogen-bond donors (Lipinski definition) is 1. The van der Waals surface area contributed by atoms with Crippen LogP contribution in [-0.4, -0.2) is 0 Å². The van der Waals surface area contributed by atoms with E-state index in [2.05, 4.69) is 12.6 Å². The molecule has 1 aromatic carbocycles.